The third-order valence-electron chi connectivity index (χ3n) is 5.16. The summed E-state index contributed by atoms with van der Waals surface area (Å²) in [5.41, 5.74) is 5.48. The minimum atomic E-state index is -0.854. The molecule has 11 nitrogen and oxygen atoms in total. The van der Waals surface area contributed by atoms with Gasteiger partial charge in [-0.3, -0.25) is 9.36 Å². The zero-order valence-corrected chi connectivity index (χ0v) is 17.0. The number of aromatic nitrogens is 6. The molecule has 0 radical (unpaired) electrons. The fraction of sp³-hybridized carbons (Fsp3) is 0.143. The Morgan fingerprint density at radius 3 is 2.88 bits per heavy atom. The number of fused-ring (bicyclic) bond motifs is 2. The highest BCUT2D eigenvalue weighted by Crippen LogP contribution is 2.20. The predicted octanol–water partition coefficient (Wildman–Crippen LogP) is 0.497. The summed E-state index contributed by atoms with van der Waals surface area (Å²) in [5, 5.41) is 10.3. The second-order valence-electron chi connectivity index (χ2n) is 7.17. The van der Waals surface area contributed by atoms with E-state index in [1.165, 1.54) is 24.8 Å². The summed E-state index contributed by atoms with van der Waals surface area (Å²) in [6.45, 7) is -0.453. The second-order valence-corrected chi connectivity index (χ2v) is 7.17. The van der Waals surface area contributed by atoms with Crippen molar-refractivity contribution in [1.82, 2.24) is 29.1 Å². The first-order valence-electron chi connectivity index (χ1n) is 9.85. The highest BCUT2D eigenvalue weighted by Gasteiger charge is 2.20. The van der Waals surface area contributed by atoms with E-state index in [1.54, 1.807) is 18.2 Å². The molecule has 3 N–H and O–H groups in total. The van der Waals surface area contributed by atoms with Crippen molar-refractivity contribution < 1.29 is 19.0 Å². The van der Waals surface area contributed by atoms with Crippen molar-refractivity contribution in [2.24, 2.45) is 0 Å². The molecule has 3 heterocycles. The number of carbonyl (C=O) groups excluding carboxylic acids is 1. The van der Waals surface area contributed by atoms with Gasteiger partial charge >= 0.3 is 6.09 Å². The smallest absolute Gasteiger partial charge is 0.421 e. The van der Waals surface area contributed by atoms with Crippen LogP contribution in [-0.4, -0.2) is 40.3 Å². The summed E-state index contributed by atoms with van der Waals surface area (Å²) >= 11 is 0. The molecule has 0 aliphatic heterocycles. The molecule has 0 saturated heterocycles. The van der Waals surface area contributed by atoms with Crippen LogP contribution < -0.4 is 21.9 Å². The topological polar surface area (TPSA) is 151 Å². The number of imidazole rings is 1. The van der Waals surface area contributed by atoms with E-state index in [9.17, 15) is 19.1 Å². The van der Waals surface area contributed by atoms with Gasteiger partial charge in [0.2, 0.25) is 0 Å². The number of nitrogens with zero attached hydrogens (tertiary/aromatic N) is 6. The molecule has 12 heteroatoms. The molecule has 3 aromatic heterocycles. The lowest BCUT2D eigenvalue weighted by atomic mass is 10.1. The van der Waals surface area contributed by atoms with Crippen LogP contribution in [0.15, 0.2) is 41.7 Å². The van der Waals surface area contributed by atoms with E-state index < -0.39 is 24.1 Å². The van der Waals surface area contributed by atoms with Crippen molar-refractivity contribution in [3.8, 4) is 11.4 Å². The van der Waals surface area contributed by atoms with Gasteiger partial charge in [0.1, 0.15) is 24.2 Å². The number of phenolic OH excluding ortho intramolecular Hbond substituents is 1. The molecule has 33 heavy (non-hydrogen) atoms. The van der Waals surface area contributed by atoms with E-state index in [1.807, 2.05) is 0 Å². The quantitative estimate of drug-likeness (QED) is 0.455. The first kappa shape index (κ1) is 20.3. The normalized spacial score (nSPS) is 12.9. The third-order valence-corrected chi connectivity index (χ3v) is 5.16. The zero-order valence-electron chi connectivity index (χ0n) is 17.0. The summed E-state index contributed by atoms with van der Waals surface area (Å²) in [5.74, 6) is -0.704. The Morgan fingerprint density at radius 2 is 2.06 bits per heavy atom. The van der Waals surface area contributed by atoms with Crippen LogP contribution in [0.25, 0.3) is 28.8 Å². The van der Waals surface area contributed by atoms with E-state index in [2.05, 4.69) is 19.9 Å². The Morgan fingerprint density at radius 1 is 1.24 bits per heavy atom. The molecule has 1 aromatic carbocycles. The number of nitrogen functional groups attached to an aromatic ring is 1. The van der Waals surface area contributed by atoms with Crippen LogP contribution in [0, 0.1) is 0 Å². The van der Waals surface area contributed by atoms with Crippen molar-refractivity contribution in [3.63, 3.8) is 0 Å². The van der Waals surface area contributed by atoms with Crippen LogP contribution in [0.1, 0.15) is 18.7 Å². The van der Waals surface area contributed by atoms with Gasteiger partial charge in [0.25, 0.3) is 5.56 Å². The van der Waals surface area contributed by atoms with Crippen LogP contribution in [0.4, 0.5) is 15.0 Å². The molecule has 1 aliphatic rings. The van der Waals surface area contributed by atoms with Gasteiger partial charge in [-0.25, -0.2) is 33.7 Å². The maximum Gasteiger partial charge on any atom is 0.421 e. The first-order valence-corrected chi connectivity index (χ1v) is 9.85. The molecule has 5 rings (SSSR count). The fourth-order valence-corrected chi connectivity index (χ4v) is 3.63. The lowest BCUT2D eigenvalue weighted by Gasteiger charge is -2.15. The minimum absolute atomic E-state index is 0.00175. The summed E-state index contributed by atoms with van der Waals surface area (Å²) in [4.78, 5) is 42.1. The summed E-state index contributed by atoms with van der Waals surface area (Å²) < 4.78 is 21.9. The van der Waals surface area contributed by atoms with E-state index in [4.69, 9.17) is 10.5 Å². The van der Waals surface area contributed by atoms with E-state index >= 15 is 0 Å². The Labute approximate surface area is 183 Å². The number of ether oxygens (including phenoxy) is 1. The van der Waals surface area contributed by atoms with Crippen LogP contribution >= 0.6 is 0 Å². The number of rotatable bonds is 3. The molecule has 0 saturated carbocycles. The van der Waals surface area contributed by atoms with Gasteiger partial charge in [-0.15, -0.1) is 0 Å². The maximum atomic E-state index is 14.5. The molecule has 166 valence electrons. The number of aromatic hydroxyl groups is 1. The molecule has 0 unspecified atom stereocenters. The standard InChI is InChI=1S/C21H16FN7O4/c22-11-4-3-5-12-16(11)20(31)29(13-6-1-2-7-14(13)30)15(27-12)8-33-21(32)28-10-26-17-18(23)24-9-25-19(17)28/h1-2,5-7,9-10,30H,3-4,8H2,(H2,23,24,25). The summed E-state index contributed by atoms with van der Waals surface area (Å²) in [6.07, 6.45) is 3.62. The number of anilines is 1. The Kier molecular flexibility index (Phi) is 4.81. The van der Waals surface area contributed by atoms with Gasteiger partial charge in [0.15, 0.2) is 29.4 Å². The van der Waals surface area contributed by atoms with Crippen LogP contribution in [0.2, 0.25) is 0 Å². The molecule has 0 atom stereocenters. The Balaban J connectivity index is 1.60. The Hall–Kier alpha value is -4.61. The van der Waals surface area contributed by atoms with Crippen molar-refractivity contribution >= 4 is 35.0 Å². The molecule has 0 bridgehead atoms. The van der Waals surface area contributed by atoms with Gasteiger partial charge in [0.05, 0.1) is 16.3 Å². The number of halogens is 1. The highest BCUT2D eigenvalue weighted by atomic mass is 19.1. The molecule has 0 fully saturated rings. The molecule has 1 aliphatic carbocycles. The predicted molar refractivity (Wildman–Crippen MR) is 114 cm³/mol. The fourth-order valence-electron chi connectivity index (χ4n) is 3.63. The lowest BCUT2D eigenvalue weighted by Crippen LogP contribution is -2.50. The van der Waals surface area contributed by atoms with E-state index in [0.29, 0.717) is 6.42 Å². The monoisotopic (exact) mass is 449 g/mol. The van der Waals surface area contributed by atoms with Crippen molar-refractivity contribution in [2.45, 2.75) is 19.4 Å². The van der Waals surface area contributed by atoms with Crippen LogP contribution in [0.3, 0.4) is 0 Å². The van der Waals surface area contributed by atoms with Crippen LogP contribution in [-0.2, 0) is 11.3 Å². The van der Waals surface area contributed by atoms with Crippen molar-refractivity contribution in [3.05, 3.63) is 63.7 Å². The van der Waals surface area contributed by atoms with E-state index in [-0.39, 0.29) is 51.2 Å². The van der Waals surface area contributed by atoms with Crippen molar-refractivity contribution in [1.29, 1.82) is 0 Å². The van der Waals surface area contributed by atoms with E-state index in [0.717, 1.165) is 9.13 Å². The minimum Gasteiger partial charge on any atom is -0.506 e. The average Bonchev–Trinajstić information content (AvgIpc) is 3.24. The van der Waals surface area contributed by atoms with Crippen molar-refractivity contribution in [2.75, 3.05) is 5.73 Å². The number of phenols is 1. The molecular formula is C21H16FN7O4. The number of para-hydroxylation sites is 2. The summed E-state index contributed by atoms with van der Waals surface area (Å²) in [7, 11) is 0. The van der Waals surface area contributed by atoms with Gasteiger partial charge in [-0.2, -0.15) is 0 Å². The largest absolute Gasteiger partial charge is 0.506 e. The summed E-state index contributed by atoms with van der Waals surface area (Å²) in [6, 6.07) is 6.03. The van der Waals surface area contributed by atoms with Crippen LogP contribution in [0.5, 0.6) is 5.75 Å². The molecule has 0 amide bonds. The zero-order chi connectivity index (χ0) is 23.1. The molecular weight excluding hydrogens is 433 g/mol. The number of carbonyl (C=O) groups is 1. The Bertz CT molecular complexity index is 1610. The van der Waals surface area contributed by atoms with Gasteiger partial charge in [-0.05, 0) is 18.6 Å². The molecule has 4 aromatic rings. The SMILES string of the molecule is Nc1ncnc2c1ncn2C(=O)OCc1nc2c(c(=O)n1-c1ccccc1O)=C(F)CCC=2. The maximum absolute atomic E-state index is 14.5. The van der Waals surface area contributed by atoms with Gasteiger partial charge in [0, 0.05) is 6.42 Å². The third kappa shape index (κ3) is 3.37. The number of nitrogens with two attached hydrogens (primary N) is 1. The highest BCUT2D eigenvalue weighted by molar-refractivity contribution is 5.88. The number of hydrogen-bond donors (Lipinski definition) is 2. The second kappa shape index (κ2) is 7.82. The molecule has 0 spiro atoms. The number of hydrogen-bond acceptors (Lipinski definition) is 9. The number of benzene rings is 1. The first-order chi connectivity index (χ1) is 16.0. The van der Waals surface area contributed by atoms with Gasteiger partial charge < -0.3 is 15.6 Å². The van der Waals surface area contributed by atoms with Gasteiger partial charge in [-0.1, -0.05) is 18.2 Å². The lowest BCUT2D eigenvalue weighted by molar-refractivity contribution is 0.138. The average molecular weight is 449 g/mol.